The van der Waals surface area contributed by atoms with Crippen molar-refractivity contribution in [2.45, 2.75) is 74.9 Å². The summed E-state index contributed by atoms with van der Waals surface area (Å²) in [5.74, 6) is -1.32. The third-order valence-corrected chi connectivity index (χ3v) is 10.8. The predicted octanol–water partition coefficient (Wildman–Crippen LogP) is 6.11. The lowest BCUT2D eigenvalue weighted by atomic mass is 9.90. The van der Waals surface area contributed by atoms with Gasteiger partial charge in [0.1, 0.15) is 42.1 Å². The van der Waals surface area contributed by atoms with Gasteiger partial charge >= 0.3 is 12.2 Å². The third-order valence-electron chi connectivity index (χ3n) is 10.8. The molecule has 4 aromatic rings. The average Bonchev–Trinajstić information content (AvgIpc) is 3.33. The van der Waals surface area contributed by atoms with Crippen molar-refractivity contribution < 1.29 is 36.2 Å². The number of aromatic amines is 1. The zero-order valence-electron chi connectivity index (χ0n) is 26.3. The second kappa shape index (κ2) is 11.2. The van der Waals surface area contributed by atoms with Crippen molar-refractivity contribution in [2.24, 2.45) is 5.92 Å². The van der Waals surface area contributed by atoms with Crippen molar-refractivity contribution >= 4 is 27.6 Å². The molecule has 3 aromatic heterocycles. The second-order valence-electron chi connectivity index (χ2n) is 14.1. The minimum Gasteiger partial charge on any atom is -0.461 e. The number of hydrogen-bond donors (Lipinski definition) is 2. The highest BCUT2D eigenvalue weighted by Gasteiger charge is 2.50. The fraction of sp³-hybridized carbons (Fsp3) is 0.576. The summed E-state index contributed by atoms with van der Waals surface area (Å²) in [6.07, 6.45) is -0.0187. The van der Waals surface area contributed by atoms with E-state index in [1.807, 2.05) is 6.92 Å². The van der Waals surface area contributed by atoms with Crippen molar-refractivity contribution in [3.8, 4) is 17.3 Å². The Morgan fingerprint density at radius 1 is 1.12 bits per heavy atom. The number of nitrogens with one attached hydrogen (secondary N) is 1. The van der Waals surface area contributed by atoms with Gasteiger partial charge in [-0.3, -0.25) is 15.0 Å². The number of aromatic nitrogens is 5. The maximum absolute atomic E-state index is 17.0. The van der Waals surface area contributed by atoms with Gasteiger partial charge in [0, 0.05) is 36.7 Å². The number of piperidine rings is 1. The molecular weight excluding hydrogens is 640 g/mol. The number of nitrogens with zero attached hydrogens (tertiary/aromatic N) is 6. The van der Waals surface area contributed by atoms with Gasteiger partial charge in [-0.1, -0.05) is 6.92 Å². The zero-order valence-corrected chi connectivity index (χ0v) is 26.3. The summed E-state index contributed by atoms with van der Waals surface area (Å²) >= 11 is 0. The summed E-state index contributed by atoms with van der Waals surface area (Å²) in [6.45, 7) is 2.17. The van der Waals surface area contributed by atoms with Gasteiger partial charge in [0.05, 0.1) is 34.7 Å². The van der Waals surface area contributed by atoms with Gasteiger partial charge in [-0.05, 0) is 62.1 Å². The minimum absolute atomic E-state index is 0.00448. The van der Waals surface area contributed by atoms with Crippen LogP contribution < -0.4 is 9.64 Å². The first-order valence-corrected chi connectivity index (χ1v) is 16.4. The van der Waals surface area contributed by atoms with Crippen LogP contribution in [0.4, 0.5) is 32.2 Å². The van der Waals surface area contributed by atoms with Gasteiger partial charge in [0.15, 0.2) is 5.82 Å². The van der Waals surface area contributed by atoms with E-state index in [2.05, 4.69) is 30.0 Å². The van der Waals surface area contributed by atoms with Crippen LogP contribution in [0.15, 0.2) is 18.5 Å². The number of anilines is 1. The molecule has 1 saturated carbocycles. The summed E-state index contributed by atoms with van der Waals surface area (Å²) in [6, 6.07) is 0.802. The summed E-state index contributed by atoms with van der Waals surface area (Å²) < 4.78 is 95.1. The number of ether oxygens (including phenoxy) is 1. The minimum atomic E-state index is -4.72. The Kier molecular flexibility index (Phi) is 7.33. The highest BCUT2D eigenvalue weighted by atomic mass is 19.4. The van der Waals surface area contributed by atoms with Crippen LogP contribution >= 0.6 is 0 Å². The van der Waals surface area contributed by atoms with Crippen molar-refractivity contribution in [3.05, 3.63) is 35.4 Å². The number of fused-ring (bicyclic) bond motifs is 3. The Labute approximate surface area is 271 Å². The van der Waals surface area contributed by atoms with Gasteiger partial charge < -0.3 is 14.7 Å². The highest BCUT2D eigenvalue weighted by molar-refractivity contribution is 6.00. The molecule has 3 aliphatic heterocycles. The highest BCUT2D eigenvalue weighted by Crippen LogP contribution is 2.55. The molecule has 48 heavy (non-hydrogen) atoms. The van der Waals surface area contributed by atoms with Gasteiger partial charge in [-0.25, -0.2) is 13.2 Å². The van der Waals surface area contributed by atoms with Crippen LogP contribution in [0.1, 0.15) is 62.5 Å². The van der Waals surface area contributed by atoms with Crippen LogP contribution in [0.3, 0.4) is 0 Å². The lowest BCUT2D eigenvalue weighted by molar-refractivity contribution is -0.138. The summed E-state index contributed by atoms with van der Waals surface area (Å²) in [5, 5.41) is 17.8. The maximum atomic E-state index is 17.0. The monoisotopic (exact) mass is 675 g/mol. The molecule has 1 aliphatic carbocycles. The van der Waals surface area contributed by atoms with Crippen LogP contribution in [0, 0.1) is 11.7 Å². The molecule has 2 N–H and O–H groups in total. The number of rotatable bonds is 7. The van der Waals surface area contributed by atoms with E-state index >= 15 is 4.39 Å². The Hall–Kier alpha value is -3.72. The van der Waals surface area contributed by atoms with Crippen molar-refractivity contribution in [1.82, 2.24) is 30.0 Å². The van der Waals surface area contributed by atoms with Crippen molar-refractivity contribution in [2.75, 3.05) is 44.4 Å². The normalized spacial score (nSPS) is 29.2. The van der Waals surface area contributed by atoms with Gasteiger partial charge in [0.25, 0.3) is 0 Å². The number of β-amino-alcohol motifs (C(OH)–C–C–N with tert-alkyl or cyclic N) is 1. The Bertz CT molecular complexity index is 1900. The van der Waals surface area contributed by atoms with Crippen LogP contribution in [-0.2, 0) is 6.18 Å². The van der Waals surface area contributed by atoms with E-state index in [9.17, 15) is 27.1 Å². The van der Waals surface area contributed by atoms with E-state index in [1.54, 1.807) is 4.90 Å². The molecule has 4 aliphatic rings. The van der Waals surface area contributed by atoms with Crippen LogP contribution in [0.5, 0.6) is 6.01 Å². The van der Waals surface area contributed by atoms with Gasteiger partial charge in [-0.2, -0.15) is 28.2 Å². The lowest BCUT2D eigenvalue weighted by Crippen LogP contribution is -2.50. The number of hydrogen-bond acceptors (Lipinski definition) is 8. The molecule has 0 spiro atoms. The smallest absolute Gasteiger partial charge is 0.416 e. The summed E-state index contributed by atoms with van der Waals surface area (Å²) in [4.78, 5) is 17.1. The Morgan fingerprint density at radius 2 is 1.92 bits per heavy atom. The molecule has 0 bridgehead atoms. The zero-order chi connectivity index (χ0) is 33.6. The molecule has 0 radical (unpaired) electrons. The standard InChI is InChI=1S/C33H35F6N7O2/c1-17-8-19(17)24-22(33(37,38)39)9-23-20(12-41-44-23)25(24)28-26(36)27-21(11-40-28)29(45-6-3-5-32(47,14-34)15-45)43-30(42-27)48-16-31-4-2-7-46(31)13-18(35)10-31/h9,11-12,17-19,47H,2-8,10,13-16H2,1H3,(H,41,44)/t17-,18-,19+,31+,32+/m1/s1. The van der Waals surface area contributed by atoms with E-state index in [4.69, 9.17) is 4.74 Å². The molecular formula is C33H35F6N7O2. The fourth-order valence-electron chi connectivity index (χ4n) is 8.26. The molecule has 0 amide bonds. The molecule has 5 atom stereocenters. The van der Waals surface area contributed by atoms with E-state index in [1.165, 1.54) is 12.4 Å². The molecule has 0 unspecified atom stereocenters. The van der Waals surface area contributed by atoms with Crippen LogP contribution in [-0.4, -0.2) is 91.9 Å². The van der Waals surface area contributed by atoms with Crippen LogP contribution in [0.2, 0.25) is 0 Å². The van der Waals surface area contributed by atoms with E-state index in [0.29, 0.717) is 37.7 Å². The first-order valence-electron chi connectivity index (χ1n) is 16.4. The average molecular weight is 676 g/mol. The molecule has 3 saturated heterocycles. The summed E-state index contributed by atoms with van der Waals surface area (Å²) in [5.41, 5.74) is -3.59. The number of alkyl halides is 5. The summed E-state index contributed by atoms with van der Waals surface area (Å²) in [7, 11) is 0. The predicted molar refractivity (Wildman–Crippen MR) is 165 cm³/mol. The molecule has 4 fully saturated rings. The number of aliphatic hydroxyl groups is 1. The Morgan fingerprint density at radius 3 is 2.67 bits per heavy atom. The number of pyridine rings is 1. The van der Waals surface area contributed by atoms with Gasteiger partial charge in [0.2, 0.25) is 0 Å². The molecule has 256 valence electrons. The molecule has 15 heteroatoms. The SMILES string of the molecule is C[C@@H]1C[C@@H]1c1c(C(F)(F)F)cc2[nH]ncc2c1-c1ncc2c(N3CCC[C@](O)(CF)C3)nc(OC[C@@]34CCCN3C[C@H](F)C4)nc2c1F. The number of halogens is 6. The van der Waals surface area contributed by atoms with Crippen LogP contribution in [0.25, 0.3) is 33.1 Å². The topological polar surface area (TPSA) is 103 Å². The van der Waals surface area contributed by atoms with E-state index in [-0.39, 0.29) is 77.0 Å². The molecule has 6 heterocycles. The second-order valence-corrected chi connectivity index (χ2v) is 14.1. The fourth-order valence-corrected chi connectivity index (χ4v) is 8.26. The Balaban J connectivity index is 1.30. The van der Waals surface area contributed by atoms with E-state index < -0.39 is 47.5 Å². The number of benzene rings is 1. The first-order chi connectivity index (χ1) is 22.9. The van der Waals surface area contributed by atoms with Gasteiger partial charge in [-0.15, -0.1) is 0 Å². The molecule has 8 rings (SSSR count). The lowest BCUT2D eigenvalue weighted by Gasteiger charge is -2.38. The molecule has 1 aromatic carbocycles. The van der Waals surface area contributed by atoms with E-state index in [0.717, 1.165) is 19.0 Å². The first kappa shape index (κ1) is 31.5. The quantitative estimate of drug-likeness (QED) is 0.227. The van der Waals surface area contributed by atoms with Crippen molar-refractivity contribution in [1.29, 1.82) is 0 Å². The maximum Gasteiger partial charge on any atom is 0.416 e. The number of H-pyrrole nitrogens is 1. The largest absolute Gasteiger partial charge is 0.461 e. The third kappa shape index (κ3) is 5.15. The van der Waals surface area contributed by atoms with Crippen molar-refractivity contribution in [3.63, 3.8) is 0 Å². The molecule has 9 nitrogen and oxygen atoms in total.